The van der Waals surface area contributed by atoms with Crippen LogP contribution in [0.5, 0.6) is 0 Å². The van der Waals surface area contributed by atoms with Gasteiger partial charge in [0, 0.05) is 24.2 Å². The Labute approximate surface area is 164 Å². The summed E-state index contributed by atoms with van der Waals surface area (Å²) >= 11 is 0. The number of hydrogen-bond donors (Lipinski definition) is 2. The average molecular weight is 393 g/mol. The number of oxazole rings is 1. The molecule has 1 aliphatic heterocycles. The number of carbonyl (C=O) groups is 1. The second kappa shape index (κ2) is 6.56. The normalized spacial score (nSPS) is 17.9. The first-order valence-corrected chi connectivity index (χ1v) is 8.66. The van der Waals surface area contributed by atoms with Gasteiger partial charge in [-0.15, -0.1) is 0 Å². The number of benzene rings is 1. The predicted molar refractivity (Wildman–Crippen MR) is 101 cm³/mol. The second-order valence-corrected chi connectivity index (χ2v) is 6.86. The Kier molecular flexibility index (Phi) is 4.15. The van der Waals surface area contributed by atoms with Crippen molar-refractivity contribution in [3.05, 3.63) is 64.9 Å². The quantitative estimate of drug-likeness (QED) is 0.699. The van der Waals surface area contributed by atoms with Gasteiger partial charge in [-0.25, -0.2) is 9.37 Å². The van der Waals surface area contributed by atoms with Gasteiger partial charge in [0.05, 0.1) is 6.54 Å². The molecule has 146 valence electrons. The van der Waals surface area contributed by atoms with Gasteiger partial charge in [-0.2, -0.15) is 10.4 Å². The molecule has 4 rings (SSSR count). The van der Waals surface area contributed by atoms with Crippen LogP contribution >= 0.6 is 0 Å². The summed E-state index contributed by atoms with van der Waals surface area (Å²) in [7, 11) is 0. The van der Waals surface area contributed by atoms with Gasteiger partial charge in [-0.1, -0.05) is 0 Å². The van der Waals surface area contributed by atoms with Crippen molar-refractivity contribution in [2.75, 3.05) is 5.32 Å². The number of nitrogens with two attached hydrogens (primary N) is 1. The zero-order chi connectivity index (χ0) is 20.8. The number of nitriles is 1. The molecule has 29 heavy (non-hydrogen) atoms. The van der Waals surface area contributed by atoms with E-state index >= 15 is 0 Å². The zero-order valence-corrected chi connectivity index (χ0v) is 15.6. The number of aryl methyl sites for hydroxylation is 1. The number of carbonyl (C=O) groups excluding carboxylic acids is 1. The molecule has 0 fully saturated rings. The fourth-order valence-corrected chi connectivity index (χ4v) is 3.27. The van der Waals surface area contributed by atoms with Crippen LogP contribution in [0.3, 0.4) is 0 Å². The number of halogens is 1. The average Bonchev–Trinajstić information content (AvgIpc) is 3.29. The zero-order valence-electron chi connectivity index (χ0n) is 15.6. The van der Waals surface area contributed by atoms with E-state index < -0.39 is 17.3 Å². The van der Waals surface area contributed by atoms with Crippen molar-refractivity contribution >= 4 is 17.4 Å². The van der Waals surface area contributed by atoms with Crippen LogP contribution in [-0.4, -0.2) is 26.5 Å². The van der Waals surface area contributed by atoms with E-state index in [0.717, 1.165) is 0 Å². The van der Waals surface area contributed by atoms with Gasteiger partial charge < -0.3 is 15.5 Å². The maximum Gasteiger partial charge on any atom is 0.277 e. The summed E-state index contributed by atoms with van der Waals surface area (Å²) in [4.78, 5) is 20.7. The number of aliphatic imine (C=N–C) groups is 1. The number of fused-ring (bicyclic) bond motifs is 1. The first-order chi connectivity index (χ1) is 13.8. The van der Waals surface area contributed by atoms with Gasteiger partial charge in [0.1, 0.15) is 35.2 Å². The van der Waals surface area contributed by atoms with Gasteiger partial charge in [0.15, 0.2) is 17.3 Å². The first-order valence-electron chi connectivity index (χ1n) is 8.66. The Morgan fingerprint density at radius 1 is 1.45 bits per heavy atom. The highest BCUT2D eigenvalue weighted by atomic mass is 19.1. The molecule has 1 aromatic carbocycles. The molecule has 1 atom stereocenters. The summed E-state index contributed by atoms with van der Waals surface area (Å²) < 4.78 is 21.3. The highest BCUT2D eigenvalue weighted by molar-refractivity contribution is 6.02. The third-order valence-electron chi connectivity index (χ3n) is 4.64. The second-order valence-electron chi connectivity index (χ2n) is 6.86. The third kappa shape index (κ3) is 3.23. The number of amidine groups is 1. The molecule has 3 heterocycles. The molecule has 0 bridgehead atoms. The highest BCUT2D eigenvalue weighted by Gasteiger charge is 2.35. The van der Waals surface area contributed by atoms with E-state index in [-0.39, 0.29) is 29.3 Å². The standard InChI is InChI=1S/C19H16FN7O2/c1-10-23-15(8-29-10)18(28)24-11-3-4-14(20)13(5-11)19(2)9-27-16(17(22)25-19)6-12(7-21)26-27/h3-6,8H,9H2,1-2H3,(H2,22,25)(H,24,28)/t19-/m0/s1. The molecular weight excluding hydrogens is 377 g/mol. The summed E-state index contributed by atoms with van der Waals surface area (Å²) in [6.07, 6.45) is 1.24. The number of rotatable bonds is 3. The Hall–Kier alpha value is -4.00. The summed E-state index contributed by atoms with van der Waals surface area (Å²) in [6, 6.07) is 7.67. The van der Waals surface area contributed by atoms with E-state index in [1.165, 1.54) is 35.2 Å². The molecule has 0 saturated carbocycles. The van der Waals surface area contributed by atoms with Crippen molar-refractivity contribution in [2.24, 2.45) is 10.7 Å². The maximum atomic E-state index is 14.7. The molecule has 0 spiro atoms. The van der Waals surface area contributed by atoms with E-state index in [1.807, 2.05) is 6.07 Å². The number of hydrogen-bond acceptors (Lipinski definition) is 7. The van der Waals surface area contributed by atoms with Gasteiger partial charge in [0.2, 0.25) is 0 Å². The fraction of sp³-hybridized carbons (Fsp3) is 0.211. The van der Waals surface area contributed by atoms with Crippen molar-refractivity contribution in [3.8, 4) is 6.07 Å². The number of amides is 1. The monoisotopic (exact) mass is 393 g/mol. The van der Waals surface area contributed by atoms with Crippen LogP contribution in [0.25, 0.3) is 0 Å². The minimum Gasteiger partial charge on any atom is -0.448 e. The lowest BCUT2D eigenvalue weighted by Gasteiger charge is -2.31. The largest absolute Gasteiger partial charge is 0.448 e. The molecule has 1 aliphatic rings. The Morgan fingerprint density at radius 2 is 2.24 bits per heavy atom. The molecule has 3 aromatic rings. The van der Waals surface area contributed by atoms with E-state index in [2.05, 4.69) is 20.4 Å². The highest BCUT2D eigenvalue weighted by Crippen LogP contribution is 2.34. The lowest BCUT2D eigenvalue weighted by atomic mass is 9.90. The lowest BCUT2D eigenvalue weighted by Crippen LogP contribution is -2.37. The van der Waals surface area contributed by atoms with Crippen molar-refractivity contribution in [1.29, 1.82) is 5.26 Å². The Bertz CT molecular complexity index is 1200. The molecule has 0 radical (unpaired) electrons. The third-order valence-corrected chi connectivity index (χ3v) is 4.64. The first kappa shape index (κ1) is 18.4. The molecule has 9 nitrogen and oxygen atoms in total. The van der Waals surface area contributed by atoms with Crippen LogP contribution in [0.2, 0.25) is 0 Å². The van der Waals surface area contributed by atoms with E-state index in [1.54, 1.807) is 13.8 Å². The summed E-state index contributed by atoms with van der Waals surface area (Å²) in [5.41, 5.74) is 6.38. The van der Waals surface area contributed by atoms with Crippen LogP contribution in [0.15, 0.2) is 39.9 Å². The molecule has 3 N–H and O–H groups in total. The topological polar surface area (TPSA) is 135 Å². The van der Waals surface area contributed by atoms with Gasteiger partial charge >= 0.3 is 0 Å². The van der Waals surface area contributed by atoms with Crippen molar-refractivity contribution in [3.63, 3.8) is 0 Å². The van der Waals surface area contributed by atoms with Gasteiger partial charge in [-0.3, -0.25) is 14.5 Å². The van der Waals surface area contributed by atoms with E-state index in [0.29, 0.717) is 17.3 Å². The minimum absolute atomic E-state index is 0.115. The van der Waals surface area contributed by atoms with Crippen molar-refractivity contribution in [1.82, 2.24) is 14.8 Å². The molecule has 0 saturated heterocycles. The van der Waals surface area contributed by atoms with Crippen LogP contribution in [0.4, 0.5) is 10.1 Å². The molecular formula is C19H16FN7O2. The molecule has 10 heteroatoms. The van der Waals surface area contributed by atoms with E-state index in [4.69, 9.17) is 15.4 Å². The van der Waals surface area contributed by atoms with Crippen LogP contribution in [-0.2, 0) is 12.1 Å². The van der Waals surface area contributed by atoms with E-state index in [9.17, 15) is 9.18 Å². The number of nitrogens with one attached hydrogen (secondary N) is 1. The summed E-state index contributed by atoms with van der Waals surface area (Å²) in [5.74, 6) is -0.472. The molecule has 0 unspecified atom stereocenters. The van der Waals surface area contributed by atoms with Gasteiger partial charge in [-0.05, 0) is 25.1 Å². The predicted octanol–water partition coefficient (Wildman–Crippen LogP) is 2.08. The number of aromatic nitrogens is 3. The van der Waals surface area contributed by atoms with Crippen molar-refractivity contribution < 1.29 is 13.6 Å². The van der Waals surface area contributed by atoms with Crippen molar-refractivity contribution in [2.45, 2.75) is 25.9 Å². The smallest absolute Gasteiger partial charge is 0.277 e. The molecule has 2 aromatic heterocycles. The molecule has 0 aliphatic carbocycles. The summed E-state index contributed by atoms with van der Waals surface area (Å²) in [5, 5.41) is 15.9. The van der Waals surface area contributed by atoms with Gasteiger partial charge in [0.25, 0.3) is 5.91 Å². The van der Waals surface area contributed by atoms with Crippen LogP contribution < -0.4 is 11.1 Å². The molecule has 1 amide bonds. The number of anilines is 1. The Balaban J connectivity index is 1.68. The summed E-state index contributed by atoms with van der Waals surface area (Å²) in [6.45, 7) is 3.52. The van der Waals surface area contributed by atoms with Crippen LogP contribution in [0.1, 0.15) is 40.3 Å². The Morgan fingerprint density at radius 3 is 2.93 bits per heavy atom. The number of nitrogens with zero attached hydrogens (tertiary/aromatic N) is 5. The maximum absolute atomic E-state index is 14.7. The fourth-order valence-electron chi connectivity index (χ4n) is 3.27. The SMILES string of the molecule is Cc1nc(C(=O)Nc2ccc(F)c([C@]3(C)Cn4nc(C#N)cc4C(N)=N3)c2)co1. The minimum atomic E-state index is -1.08. The van der Waals surface area contributed by atoms with Crippen LogP contribution in [0, 0.1) is 24.1 Å². The lowest BCUT2D eigenvalue weighted by molar-refractivity contribution is 0.102.